The van der Waals surface area contributed by atoms with Gasteiger partial charge in [-0.25, -0.2) is 0 Å². The summed E-state index contributed by atoms with van der Waals surface area (Å²) in [6.07, 6.45) is 0.364. The first-order valence-electron chi connectivity index (χ1n) is 8.77. The summed E-state index contributed by atoms with van der Waals surface area (Å²) in [6.45, 7) is 2.46. The number of amides is 2. The molecule has 0 spiro atoms. The van der Waals surface area contributed by atoms with Crippen LogP contribution in [0.15, 0.2) is 48.5 Å². The maximum Gasteiger partial charge on any atom is 0.257 e. The Kier molecular flexibility index (Phi) is 5.11. The third-order valence-electron chi connectivity index (χ3n) is 4.55. The van der Waals surface area contributed by atoms with Crippen molar-refractivity contribution in [2.24, 2.45) is 0 Å². The molecule has 1 N–H and O–H groups in total. The molecule has 0 radical (unpaired) electrons. The van der Waals surface area contributed by atoms with Gasteiger partial charge >= 0.3 is 0 Å². The lowest BCUT2D eigenvalue weighted by Gasteiger charge is -2.16. The number of hydrogen-bond acceptors (Lipinski definition) is 5. The van der Waals surface area contributed by atoms with E-state index in [2.05, 4.69) is 15.5 Å². The SMILES string of the molecule is Cc1cccc(C(=O)Nc2nnc(C3CC(=O)N(c4ccc(Cl)cc4)C3)s2)c1. The van der Waals surface area contributed by atoms with Crippen molar-refractivity contribution >= 4 is 45.6 Å². The lowest BCUT2D eigenvalue weighted by atomic mass is 10.1. The molecule has 6 nitrogen and oxygen atoms in total. The van der Waals surface area contributed by atoms with Gasteiger partial charge < -0.3 is 4.90 Å². The number of nitrogens with zero attached hydrogens (tertiary/aromatic N) is 3. The van der Waals surface area contributed by atoms with Crippen LogP contribution in [0.3, 0.4) is 0 Å². The molecule has 0 saturated carbocycles. The minimum absolute atomic E-state index is 0.0351. The van der Waals surface area contributed by atoms with Crippen LogP contribution < -0.4 is 10.2 Å². The van der Waals surface area contributed by atoms with Crippen molar-refractivity contribution in [1.29, 1.82) is 0 Å². The summed E-state index contributed by atoms with van der Waals surface area (Å²) in [5.41, 5.74) is 2.40. The van der Waals surface area contributed by atoms with Gasteiger partial charge in [-0.1, -0.05) is 40.6 Å². The summed E-state index contributed by atoms with van der Waals surface area (Å²) in [6, 6.07) is 14.5. The smallest absolute Gasteiger partial charge is 0.257 e. The third kappa shape index (κ3) is 3.90. The molecule has 142 valence electrons. The molecule has 0 aliphatic carbocycles. The normalized spacial score (nSPS) is 16.4. The Morgan fingerprint density at radius 1 is 1.21 bits per heavy atom. The van der Waals surface area contributed by atoms with Crippen molar-refractivity contribution in [2.45, 2.75) is 19.3 Å². The summed E-state index contributed by atoms with van der Waals surface area (Å²) < 4.78 is 0. The average Bonchev–Trinajstić information content (AvgIpc) is 3.29. The van der Waals surface area contributed by atoms with Crippen LogP contribution in [0.2, 0.25) is 5.02 Å². The van der Waals surface area contributed by atoms with Gasteiger partial charge in [-0.2, -0.15) is 0 Å². The van der Waals surface area contributed by atoms with Gasteiger partial charge in [0.2, 0.25) is 11.0 Å². The molecule has 1 atom stereocenters. The van der Waals surface area contributed by atoms with E-state index in [1.807, 2.05) is 37.3 Å². The Morgan fingerprint density at radius 2 is 2.00 bits per heavy atom. The predicted octanol–water partition coefficient (Wildman–Crippen LogP) is 4.27. The van der Waals surface area contributed by atoms with E-state index < -0.39 is 0 Å². The van der Waals surface area contributed by atoms with E-state index in [0.29, 0.717) is 28.7 Å². The minimum atomic E-state index is -0.225. The first-order chi connectivity index (χ1) is 13.5. The van der Waals surface area contributed by atoms with E-state index in [0.717, 1.165) is 16.3 Å². The fourth-order valence-electron chi connectivity index (χ4n) is 3.15. The zero-order chi connectivity index (χ0) is 19.7. The molecular weight excluding hydrogens is 396 g/mol. The molecule has 1 unspecified atom stereocenters. The second-order valence-corrected chi connectivity index (χ2v) is 8.10. The van der Waals surface area contributed by atoms with E-state index >= 15 is 0 Å². The molecule has 0 bridgehead atoms. The Bertz CT molecular complexity index is 1030. The van der Waals surface area contributed by atoms with Gasteiger partial charge in [-0.15, -0.1) is 10.2 Å². The number of aryl methyl sites for hydroxylation is 1. The second-order valence-electron chi connectivity index (χ2n) is 6.65. The highest BCUT2D eigenvalue weighted by Gasteiger charge is 2.34. The van der Waals surface area contributed by atoms with Crippen molar-refractivity contribution < 1.29 is 9.59 Å². The van der Waals surface area contributed by atoms with Crippen molar-refractivity contribution in [3.05, 3.63) is 69.7 Å². The van der Waals surface area contributed by atoms with Crippen LogP contribution in [0.25, 0.3) is 0 Å². The van der Waals surface area contributed by atoms with E-state index in [9.17, 15) is 9.59 Å². The quantitative estimate of drug-likeness (QED) is 0.694. The molecule has 2 heterocycles. The second kappa shape index (κ2) is 7.69. The standard InChI is InChI=1S/C20H17ClN4O2S/c1-12-3-2-4-13(9-12)18(27)22-20-24-23-19(28-20)14-10-17(26)25(11-14)16-7-5-15(21)6-8-16/h2-9,14H,10-11H2,1H3,(H,22,24,27). The fraction of sp³-hybridized carbons (Fsp3) is 0.200. The number of halogens is 1. The van der Waals surface area contributed by atoms with Gasteiger partial charge in [-0.05, 0) is 43.3 Å². The molecule has 2 amide bonds. The number of carbonyl (C=O) groups excluding carboxylic acids is 2. The Balaban J connectivity index is 1.45. The lowest BCUT2D eigenvalue weighted by molar-refractivity contribution is -0.117. The largest absolute Gasteiger partial charge is 0.312 e. The number of anilines is 2. The molecule has 1 aromatic heterocycles. The van der Waals surface area contributed by atoms with Gasteiger partial charge in [0.1, 0.15) is 5.01 Å². The minimum Gasteiger partial charge on any atom is -0.312 e. The van der Waals surface area contributed by atoms with E-state index in [1.165, 1.54) is 11.3 Å². The number of aromatic nitrogens is 2. The molecule has 1 fully saturated rings. The molecule has 1 aliphatic heterocycles. The molecule has 1 aliphatic rings. The molecule has 1 saturated heterocycles. The van der Waals surface area contributed by atoms with Crippen molar-refractivity contribution in [3.8, 4) is 0 Å². The zero-order valence-electron chi connectivity index (χ0n) is 15.1. The van der Waals surface area contributed by atoms with Gasteiger partial charge in [0.15, 0.2) is 0 Å². The molecule has 28 heavy (non-hydrogen) atoms. The van der Waals surface area contributed by atoms with Crippen molar-refractivity contribution in [2.75, 3.05) is 16.8 Å². The van der Waals surface area contributed by atoms with Gasteiger partial charge in [0, 0.05) is 35.2 Å². The number of rotatable bonds is 4. The summed E-state index contributed by atoms with van der Waals surface area (Å²) in [4.78, 5) is 26.5. The number of benzene rings is 2. The number of hydrogen-bond donors (Lipinski definition) is 1. The highest BCUT2D eigenvalue weighted by molar-refractivity contribution is 7.15. The first-order valence-corrected chi connectivity index (χ1v) is 9.96. The zero-order valence-corrected chi connectivity index (χ0v) is 16.6. The first kappa shape index (κ1) is 18.6. The van der Waals surface area contributed by atoms with Crippen molar-refractivity contribution in [1.82, 2.24) is 10.2 Å². The fourth-order valence-corrected chi connectivity index (χ4v) is 4.10. The van der Waals surface area contributed by atoms with Crippen LogP contribution in [-0.2, 0) is 4.79 Å². The Morgan fingerprint density at radius 3 is 2.75 bits per heavy atom. The Labute approximate surface area is 171 Å². The van der Waals surface area contributed by atoms with Gasteiger partial charge in [0.25, 0.3) is 5.91 Å². The average molecular weight is 413 g/mol. The number of carbonyl (C=O) groups is 2. The van der Waals surface area contributed by atoms with Crippen molar-refractivity contribution in [3.63, 3.8) is 0 Å². The predicted molar refractivity (Wildman–Crippen MR) is 110 cm³/mol. The Hall–Kier alpha value is -2.77. The summed E-state index contributed by atoms with van der Waals surface area (Å²) in [5.74, 6) is -0.241. The van der Waals surface area contributed by atoms with Crippen LogP contribution in [-0.4, -0.2) is 28.6 Å². The topological polar surface area (TPSA) is 75.2 Å². The molecule has 4 rings (SSSR count). The summed E-state index contributed by atoms with van der Waals surface area (Å²) >= 11 is 7.23. The molecule has 3 aromatic rings. The summed E-state index contributed by atoms with van der Waals surface area (Å²) in [7, 11) is 0. The van der Waals surface area contributed by atoms with E-state index in [4.69, 9.17) is 11.6 Å². The number of nitrogens with one attached hydrogen (secondary N) is 1. The maximum atomic E-state index is 12.4. The highest BCUT2D eigenvalue weighted by atomic mass is 35.5. The lowest BCUT2D eigenvalue weighted by Crippen LogP contribution is -2.24. The van der Waals surface area contributed by atoms with E-state index in [-0.39, 0.29) is 17.7 Å². The summed E-state index contributed by atoms with van der Waals surface area (Å²) in [5, 5.41) is 12.8. The third-order valence-corrected chi connectivity index (χ3v) is 5.81. The van der Waals surface area contributed by atoms with Gasteiger partial charge in [0.05, 0.1) is 0 Å². The van der Waals surface area contributed by atoms with Crippen LogP contribution >= 0.6 is 22.9 Å². The van der Waals surface area contributed by atoms with Crippen LogP contribution in [0.1, 0.15) is 33.3 Å². The monoisotopic (exact) mass is 412 g/mol. The van der Waals surface area contributed by atoms with E-state index in [1.54, 1.807) is 23.1 Å². The molecule has 8 heteroatoms. The maximum absolute atomic E-state index is 12.4. The highest BCUT2D eigenvalue weighted by Crippen LogP contribution is 2.34. The van der Waals surface area contributed by atoms with Crippen LogP contribution in [0.4, 0.5) is 10.8 Å². The van der Waals surface area contributed by atoms with Crippen LogP contribution in [0, 0.1) is 6.92 Å². The van der Waals surface area contributed by atoms with Crippen LogP contribution in [0.5, 0.6) is 0 Å². The molecule has 2 aromatic carbocycles. The van der Waals surface area contributed by atoms with Gasteiger partial charge in [-0.3, -0.25) is 14.9 Å². The molecular formula is C20H17ClN4O2S.